The maximum atomic E-state index is 11.6. The van der Waals surface area contributed by atoms with E-state index in [1.165, 1.54) is 4.90 Å². The van der Waals surface area contributed by atoms with E-state index in [1.54, 1.807) is 11.8 Å². The van der Waals surface area contributed by atoms with Crippen LogP contribution in [-0.4, -0.2) is 23.9 Å². The van der Waals surface area contributed by atoms with Crippen molar-refractivity contribution in [3.05, 3.63) is 65.7 Å². The van der Waals surface area contributed by atoms with Crippen LogP contribution in [0, 0.1) is 0 Å². The Kier molecular flexibility index (Phi) is 4.77. The molecule has 2 nitrogen and oxygen atoms in total. The molecule has 3 heteroatoms. The van der Waals surface area contributed by atoms with Gasteiger partial charge in [-0.25, -0.2) is 0 Å². The van der Waals surface area contributed by atoms with Gasteiger partial charge in [0.25, 0.3) is 0 Å². The lowest BCUT2D eigenvalue weighted by Crippen LogP contribution is -2.56. The highest BCUT2D eigenvalue weighted by molar-refractivity contribution is 7.98. The van der Waals surface area contributed by atoms with Crippen LogP contribution in [0.25, 0.3) is 0 Å². The van der Waals surface area contributed by atoms with Gasteiger partial charge in [0.1, 0.15) is 5.60 Å². The van der Waals surface area contributed by atoms with Gasteiger partial charge in [-0.1, -0.05) is 42.5 Å². The third-order valence-electron chi connectivity index (χ3n) is 4.23. The lowest BCUT2D eigenvalue weighted by atomic mass is 9.72. The number of likely N-dealkylation sites (N-methyl/N-ethyl adjacent to an activating group) is 1. The van der Waals surface area contributed by atoms with Gasteiger partial charge < -0.3 is 10.4 Å². The molecule has 0 radical (unpaired) electrons. The van der Waals surface area contributed by atoms with E-state index in [2.05, 4.69) is 23.7 Å². The standard InChI is InChI=1S/C18H23NOS/c1-17(2,19-3)18(20,14-8-6-5-7-9-14)15-10-12-16(21-4)13-11-15/h5-13,19-20H,1-4H3. The van der Waals surface area contributed by atoms with E-state index in [9.17, 15) is 5.11 Å². The summed E-state index contributed by atoms with van der Waals surface area (Å²) in [6, 6.07) is 18.0. The van der Waals surface area contributed by atoms with Crippen molar-refractivity contribution < 1.29 is 5.11 Å². The highest BCUT2D eigenvalue weighted by Gasteiger charge is 2.45. The summed E-state index contributed by atoms with van der Waals surface area (Å²) in [5.74, 6) is 0. The summed E-state index contributed by atoms with van der Waals surface area (Å²) in [6.07, 6.45) is 2.05. The predicted molar refractivity (Wildman–Crippen MR) is 90.8 cm³/mol. The summed E-state index contributed by atoms with van der Waals surface area (Å²) in [5.41, 5.74) is 0.182. The first-order valence-electron chi connectivity index (χ1n) is 7.07. The van der Waals surface area contributed by atoms with E-state index in [0.29, 0.717) is 0 Å². The Morgan fingerprint density at radius 2 is 1.43 bits per heavy atom. The number of hydrogen-bond donors (Lipinski definition) is 2. The molecule has 0 fully saturated rings. The highest BCUT2D eigenvalue weighted by atomic mass is 32.2. The monoisotopic (exact) mass is 301 g/mol. The van der Waals surface area contributed by atoms with Gasteiger partial charge in [0.15, 0.2) is 0 Å². The van der Waals surface area contributed by atoms with E-state index in [0.717, 1.165) is 11.1 Å². The van der Waals surface area contributed by atoms with E-state index >= 15 is 0 Å². The van der Waals surface area contributed by atoms with Crippen LogP contribution in [0.5, 0.6) is 0 Å². The molecular formula is C18H23NOS. The van der Waals surface area contributed by atoms with Gasteiger partial charge in [0.2, 0.25) is 0 Å². The van der Waals surface area contributed by atoms with Crippen molar-refractivity contribution in [3.63, 3.8) is 0 Å². The average Bonchev–Trinajstić information content (AvgIpc) is 2.54. The number of hydrogen-bond acceptors (Lipinski definition) is 3. The minimum absolute atomic E-state index is 0.505. The first-order valence-corrected chi connectivity index (χ1v) is 8.29. The highest BCUT2D eigenvalue weighted by Crippen LogP contribution is 2.39. The topological polar surface area (TPSA) is 32.3 Å². The van der Waals surface area contributed by atoms with Crippen LogP contribution >= 0.6 is 11.8 Å². The van der Waals surface area contributed by atoms with E-state index < -0.39 is 11.1 Å². The van der Waals surface area contributed by atoms with Crippen molar-refractivity contribution in [1.29, 1.82) is 0 Å². The van der Waals surface area contributed by atoms with Crippen molar-refractivity contribution in [2.45, 2.75) is 29.9 Å². The number of nitrogens with one attached hydrogen (secondary N) is 1. The van der Waals surface area contributed by atoms with Crippen molar-refractivity contribution in [2.24, 2.45) is 0 Å². The van der Waals surface area contributed by atoms with E-state index in [1.807, 2.05) is 63.4 Å². The molecule has 21 heavy (non-hydrogen) atoms. The third-order valence-corrected chi connectivity index (χ3v) is 4.97. The maximum absolute atomic E-state index is 11.6. The zero-order valence-electron chi connectivity index (χ0n) is 13.1. The molecule has 0 saturated heterocycles. The van der Waals surface area contributed by atoms with E-state index in [4.69, 9.17) is 0 Å². The van der Waals surface area contributed by atoms with Crippen molar-refractivity contribution in [1.82, 2.24) is 5.32 Å². The Hall–Kier alpha value is -1.29. The molecule has 2 rings (SSSR count). The fourth-order valence-electron chi connectivity index (χ4n) is 2.58. The van der Waals surface area contributed by atoms with Crippen molar-refractivity contribution in [2.75, 3.05) is 13.3 Å². The van der Waals surface area contributed by atoms with Crippen LogP contribution in [-0.2, 0) is 5.60 Å². The average molecular weight is 301 g/mol. The molecule has 0 bridgehead atoms. The van der Waals surface area contributed by atoms with E-state index in [-0.39, 0.29) is 0 Å². The van der Waals surface area contributed by atoms with Crippen molar-refractivity contribution >= 4 is 11.8 Å². The second-order valence-corrected chi connectivity index (χ2v) is 6.56. The molecule has 1 atom stereocenters. The quantitative estimate of drug-likeness (QED) is 0.827. The molecule has 0 aliphatic carbocycles. The molecule has 2 aromatic carbocycles. The maximum Gasteiger partial charge on any atom is 0.132 e. The normalized spacial score (nSPS) is 14.7. The third kappa shape index (κ3) is 2.86. The minimum Gasteiger partial charge on any atom is -0.378 e. The molecule has 0 saturated carbocycles. The summed E-state index contributed by atoms with van der Waals surface area (Å²) in [4.78, 5) is 1.19. The first-order chi connectivity index (χ1) is 9.95. The molecule has 0 aliphatic heterocycles. The fraction of sp³-hybridized carbons (Fsp3) is 0.333. The molecule has 0 aliphatic rings. The molecule has 2 aromatic rings. The fourth-order valence-corrected chi connectivity index (χ4v) is 2.99. The van der Waals surface area contributed by atoms with Gasteiger partial charge in [0, 0.05) is 10.4 Å². The number of benzene rings is 2. The summed E-state index contributed by atoms with van der Waals surface area (Å²) in [5, 5.41) is 14.8. The minimum atomic E-state index is -1.10. The number of thioether (sulfide) groups is 1. The van der Waals surface area contributed by atoms with Crippen molar-refractivity contribution in [3.8, 4) is 0 Å². The number of rotatable bonds is 5. The molecule has 0 heterocycles. The molecule has 0 aromatic heterocycles. The zero-order chi connectivity index (χ0) is 15.5. The Balaban J connectivity index is 2.60. The lowest BCUT2D eigenvalue weighted by molar-refractivity contribution is -0.00231. The van der Waals surface area contributed by atoms with Gasteiger partial charge in [-0.2, -0.15) is 0 Å². The predicted octanol–water partition coefficient (Wildman–Crippen LogP) is 3.64. The molecule has 112 valence electrons. The lowest BCUT2D eigenvalue weighted by Gasteiger charge is -2.43. The molecular weight excluding hydrogens is 278 g/mol. The Labute approximate surface area is 131 Å². The molecule has 2 N–H and O–H groups in total. The molecule has 1 unspecified atom stereocenters. The van der Waals surface area contributed by atoms with Gasteiger partial charge in [-0.15, -0.1) is 11.8 Å². The molecule has 0 amide bonds. The van der Waals surface area contributed by atoms with Crippen LogP contribution in [0.4, 0.5) is 0 Å². The SMILES string of the molecule is CNC(C)(C)C(O)(c1ccccc1)c1ccc(SC)cc1. The van der Waals surface area contributed by atoms with Gasteiger partial charge in [-0.05, 0) is 50.4 Å². The largest absolute Gasteiger partial charge is 0.378 e. The van der Waals surface area contributed by atoms with Crippen LogP contribution in [0.2, 0.25) is 0 Å². The summed E-state index contributed by atoms with van der Waals surface area (Å²) in [6.45, 7) is 4.03. The smallest absolute Gasteiger partial charge is 0.132 e. The summed E-state index contributed by atoms with van der Waals surface area (Å²) >= 11 is 1.70. The Morgan fingerprint density at radius 3 is 1.90 bits per heavy atom. The molecule has 0 spiro atoms. The Bertz CT molecular complexity index is 580. The van der Waals surface area contributed by atoms with Gasteiger partial charge in [-0.3, -0.25) is 0 Å². The second kappa shape index (κ2) is 6.22. The van der Waals surface area contributed by atoms with Crippen LogP contribution in [0.1, 0.15) is 25.0 Å². The van der Waals surface area contributed by atoms with Crippen LogP contribution in [0.15, 0.2) is 59.5 Å². The Morgan fingerprint density at radius 1 is 0.905 bits per heavy atom. The summed E-state index contributed by atoms with van der Waals surface area (Å²) < 4.78 is 0. The van der Waals surface area contributed by atoms with Crippen LogP contribution in [0.3, 0.4) is 0 Å². The van der Waals surface area contributed by atoms with Gasteiger partial charge >= 0.3 is 0 Å². The number of aliphatic hydroxyl groups is 1. The second-order valence-electron chi connectivity index (χ2n) is 5.68. The van der Waals surface area contributed by atoms with Gasteiger partial charge in [0.05, 0.1) is 0 Å². The van der Waals surface area contributed by atoms with Crippen LogP contribution < -0.4 is 5.32 Å². The zero-order valence-corrected chi connectivity index (χ0v) is 13.9. The summed E-state index contributed by atoms with van der Waals surface area (Å²) in [7, 11) is 1.88. The first kappa shape index (κ1) is 16.1.